The van der Waals surface area contributed by atoms with Gasteiger partial charge in [-0.25, -0.2) is 4.98 Å². The molecule has 1 aliphatic rings. The van der Waals surface area contributed by atoms with Crippen molar-refractivity contribution >= 4 is 23.1 Å². The Labute approximate surface area is 233 Å². The molecule has 0 aliphatic carbocycles. The number of likely N-dealkylation sites (tertiary alicyclic amines) is 1. The molecular formula is C32H33N3O5. The first-order valence-electron chi connectivity index (χ1n) is 13.5. The number of imidazole rings is 1. The molecule has 1 aliphatic heterocycles. The first kappa shape index (κ1) is 27.0. The lowest BCUT2D eigenvalue weighted by molar-refractivity contribution is -0.139. The van der Waals surface area contributed by atoms with Crippen molar-refractivity contribution in [2.45, 2.75) is 39.2 Å². The zero-order valence-electron chi connectivity index (χ0n) is 23.0. The molecule has 3 heterocycles. The van der Waals surface area contributed by atoms with Gasteiger partial charge in [0.2, 0.25) is 0 Å². The molecule has 4 aromatic rings. The minimum atomic E-state index is -0.823. The van der Waals surface area contributed by atoms with Crippen molar-refractivity contribution < 1.29 is 24.2 Å². The van der Waals surface area contributed by atoms with Gasteiger partial charge in [0.1, 0.15) is 11.3 Å². The number of Topliss-reactive ketones (excluding diaryl/α,β-unsaturated/α-hetero) is 1. The van der Waals surface area contributed by atoms with E-state index < -0.39 is 17.7 Å². The number of aromatic nitrogens is 2. The molecule has 1 N–H and O–H groups in total. The SMILES string of the molecule is CCCCOc1ccc(C2/C(=C(\O)c3c(C)nc4ccccn34)C(=O)C(=O)N2CCc2ccccc2)cc1OC. The lowest BCUT2D eigenvalue weighted by Gasteiger charge is -2.26. The van der Waals surface area contributed by atoms with E-state index in [2.05, 4.69) is 11.9 Å². The normalized spacial score (nSPS) is 16.6. The van der Waals surface area contributed by atoms with Crippen LogP contribution in [0.5, 0.6) is 11.5 Å². The Balaban J connectivity index is 1.63. The van der Waals surface area contributed by atoms with Gasteiger partial charge in [-0.2, -0.15) is 0 Å². The van der Waals surface area contributed by atoms with Gasteiger partial charge in [-0.3, -0.25) is 14.0 Å². The topological polar surface area (TPSA) is 93.4 Å². The van der Waals surface area contributed by atoms with Crippen molar-refractivity contribution in [2.75, 3.05) is 20.3 Å². The summed E-state index contributed by atoms with van der Waals surface area (Å²) in [5.74, 6) is -0.574. The molecule has 8 nitrogen and oxygen atoms in total. The monoisotopic (exact) mass is 539 g/mol. The number of ketones is 1. The number of methoxy groups -OCH3 is 1. The van der Waals surface area contributed by atoms with E-state index in [1.807, 2.05) is 54.6 Å². The van der Waals surface area contributed by atoms with E-state index in [0.717, 1.165) is 18.4 Å². The largest absolute Gasteiger partial charge is 0.505 e. The summed E-state index contributed by atoms with van der Waals surface area (Å²) in [6.45, 7) is 4.70. The minimum absolute atomic E-state index is 0.0218. The number of carbonyl (C=O) groups excluding carboxylic acids is 2. The molecule has 0 saturated carbocycles. The molecule has 206 valence electrons. The van der Waals surface area contributed by atoms with Gasteiger partial charge in [0.05, 0.1) is 31.0 Å². The Kier molecular flexibility index (Phi) is 7.86. The molecule has 0 bridgehead atoms. The molecule has 2 aromatic heterocycles. The standard InChI is InChI=1S/C32H33N3O5/c1-4-5-19-40-24-15-14-23(20-25(24)39-3)29-27(30(36)28-21(2)33-26-13-9-10-17-34(26)28)31(37)32(38)35(29)18-16-22-11-7-6-8-12-22/h6-15,17,20,29,36H,4-5,16,18-19H2,1-3H3/b30-27+. The van der Waals surface area contributed by atoms with E-state index in [4.69, 9.17) is 9.47 Å². The van der Waals surface area contributed by atoms with E-state index in [0.29, 0.717) is 53.7 Å². The predicted molar refractivity (Wildman–Crippen MR) is 152 cm³/mol. The summed E-state index contributed by atoms with van der Waals surface area (Å²) in [6.07, 6.45) is 4.23. The summed E-state index contributed by atoms with van der Waals surface area (Å²) in [6, 6.07) is 19.9. The van der Waals surface area contributed by atoms with Gasteiger partial charge in [-0.05, 0) is 55.2 Å². The summed E-state index contributed by atoms with van der Waals surface area (Å²) in [5, 5.41) is 11.7. The highest BCUT2D eigenvalue weighted by Crippen LogP contribution is 2.42. The van der Waals surface area contributed by atoms with Crippen molar-refractivity contribution in [2.24, 2.45) is 0 Å². The number of aliphatic hydroxyl groups is 1. The van der Waals surface area contributed by atoms with Crippen LogP contribution < -0.4 is 9.47 Å². The van der Waals surface area contributed by atoms with Gasteiger partial charge in [-0.1, -0.05) is 55.8 Å². The zero-order valence-corrected chi connectivity index (χ0v) is 23.0. The van der Waals surface area contributed by atoms with Crippen LogP contribution in [0.4, 0.5) is 0 Å². The van der Waals surface area contributed by atoms with Gasteiger partial charge >= 0.3 is 0 Å². The lowest BCUT2D eigenvalue weighted by atomic mass is 9.95. The van der Waals surface area contributed by atoms with Crippen LogP contribution >= 0.6 is 0 Å². The molecular weight excluding hydrogens is 506 g/mol. The zero-order chi connectivity index (χ0) is 28.2. The molecule has 1 fully saturated rings. The molecule has 1 atom stereocenters. The van der Waals surface area contributed by atoms with Crippen LogP contribution in [0.1, 0.15) is 48.3 Å². The van der Waals surface area contributed by atoms with Gasteiger partial charge in [0, 0.05) is 12.7 Å². The van der Waals surface area contributed by atoms with Gasteiger partial charge in [-0.15, -0.1) is 0 Å². The second-order valence-electron chi connectivity index (χ2n) is 9.82. The van der Waals surface area contributed by atoms with Crippen molar-refractivity contribution in [1.29, 1.82) is 0 Å². The number of carbonyl (C=O) groups is 2. The number of amides is 1. The molecule has 2 aromatic carbocycles. The first-order chi connectivity index (χ1) is 19.4. The summed E-state index contributed by atoms with van der Waals surface area (Å²) < 4.78 is 13.3. The summed E-state index contributed by atoms with van der Waals surface area (Å²) in [5.41, 5.74) is 3.27. The van der Waals surface area contributed by atoms with Crippen molar-refractivity contribution in [3.8, 4) is 11.5 Å². The number of pyridine rings is 1. The lowest BCUT2D eigenvalue weighted by Crippen LogP contribution is -2.31. The molecule has 1 saturated heterocycles. The Morgan fingerprint density at radius 2 is 1.80 bits per heavy atom. The number of aryl methyl sites for hydroxylation is 1. The Hall–Kier alpha value is -4.59. The van der Waals surface area contributed by atoms with Crippen LogP contribution in [0, 0.1) is 6.92 Å². The molecule has 8 heteroatoms. The first-order valence-corrected chi connectivity index (χ1v) is 13.5. The molecule has 1 unspecified atom stereocenters. The average Bonchev–Trinajstić information content (AvgIpc) is 3.44. The number of fused-ring (bicyclic) bond motifs is 1. The second kappa shape index (κ2) is 11.7. The van der Waals surface area contributed by atoms with Crippen LogP contribution in [-0.4, -0.2) is 51.3 Å². The summed E-state index contributed by atoms with van der Waals surface area (Å²) >= 11 is 0. The Bertz CT molecular complexity index is 1570. The number of nitrogens with zero attached hydrogens (tertiary/aromatic N) is 3. The Morgan fingerprint density at radius 3 is 2.55 bits per heavy atom. The van der Waals surface area contributed by atoms with E-state index in [1.54, 1.807) is 36.8 Å². The fourth-order valence-corrected chi connectivity index (χ4v) is 5.18. The molecule has 5 rings (SSSR count). The van der Waals surface area contributed by atoms with Crippen LogP contribution in [0.2, 0.25) is 0 Å². The number of hydrogen-bond donors (Lipinski definition) is 1. The number of aliphatic hydroxyl groups excluding tert-OH is 1. The fraction of sp³-hybridized carbons (Fsp3) is 0.281. The third-order valence-electron chi connectivity index (χ3n) is 7.21. The smallest absolute Gasteiger partial charge is 0.295 e. The summed E-state index contributed by atoms with van der Waals surface area (Å²) in [7, 11) is 1.56. The van der Waals surface area contributed by atoms with Crippen LogP contribution in [0.3, 0.4) is 0 Å². The highest BCUT2D eigenvalue weighted by Gasteiger charge is 2.46. The predicted octanol–water partition coefficient (Wildman–Crippen LogP) is 5.49. The minimum Gasteiger partial charge on any atom is -0.505 e. The highest BCUT2D eigenvalue weighted by atomic mass is 16.5. The fourth-order valence-electron chi connectivity index (χ4n) is 5.18. The maximum Gasteiger partial charge on any atom is 0.295 e. The number of benzene rings is 2. The Morgan fingerprint density at radius 1 is 1.02 bits per heavy atom. The number of rotatable bonds is 10. The van der Waals surface area contributed by atoms with Gasteiger partial charge in [0.25, 0.3) is 11.7 Å². The van der Waals surface area contributed by atoms with Crippen LogP contribution in [0.25, 0.3) is 11.4 Å². The van der Waals surface area contributed by atoms with Crippen molar-refractivity contribution in [1.82, 2.24) is 14.3 Å². The third kappa shape index (κ3) is 5.04. The van der Waals surface area contributed by atoms with Crippen LogP contribution in [0.15, 0.2) is 78.5 Å². The molecule has 0 spiro atoms. The third-order valence-corrected chi connectivity index (χ3v) is 7.21. The van der Waals surface area contributed by atoms with E-state index in [-0.39, 0.29) is 11.3 Å². The van der Waals surface area contributed by atoms with E-state index in [1.165, 1.54) is 4.90 Å². The van der Waals surface area contributed by atoms with Crippen molar-refractivity contribution in [3.63, 3.8) is 0 Å². The quantitative estimate of drug-likeness (QED) is 0.124. The highest BCUT2D eigenvalue weighted by molar-refractivity contribution is 6.46. The van der Waals surface area contributed by atoms with Crippen molar-refractivity contribution in [3.05, 3.63) is 101 Å². The maximum absolute atomic E-state index is 13.6. The van der Waals surface area contributed by atoms with Gasteiger partial charge < -0.3 is 19.5 Å². The molecule has 40 heavy (non-hydrogen) atoms. The average molecular weight is 540 g/mol. The maximum atomic E-state index is 13.6. The molecule has 0 radical (unpaired) electrons. The summed E-state index contributed by atoms with van der Waals surface area (Å²) in [4.78, 5) is 33.2. The van der Waals surface area contributed by atoms with Gasteiger partial charge in [0.15, 0.2) is 17.3 Å². The second-order valence-corrected chi connectivity index (χ2v) is 9.82. The van der Waals surface area contributed by atoms with E-state index in [9.17, 15) is 14.7 Å². The number of ether oxygens (including phenoxy) is 2. The molecule has 1 amide bonds. The number of hydrogen-bond acceptors (Lipinski definition) is 6. The van der Waals surface area contributed by atoms with Crippen LogP contribution in [-0.2, 0) is 16.0 Å². The van der Waals surface area contributed by atoms with E-state index >= 15 is 0 Å². The number of unbranched alkanes of at least 4 members (excludes halogenated alkanes) is 1.